The standard InChI is InChI=1S/C22H29N3O/c1-4-7-14(3)24-22(26)16-10-18-17-8-6-9-19-21(17)15(12-23-19)11-20(18)25(5-2)13-16/h6,8-10,12,14,16,20,23H,4-5,7,11,13H2,1-3H3,(H,24,26)/t14-,16-,20-/m1/s1. The van der Waals surface area contributed by atoms with Gasteiger partial charge in [0.25, 0.3) is 0 Å². The molecule has 2 aliphatic rings. The second-order valence-electron chi connectivity index (χ2n) is 7.78. The molecule has 2 heterocycles. The van der Waals surface area contributed by atoms with E-state index in [1.807, 2.05) is 0 Å². The molecule has 1 aromatic heterocycles. The number of nitrogens with zero attached hydrogens (tertiary/aromatic N) is 1. The highest BCUT2D eigenvalue weighted by Crippen LogP contribution is 2.41. The number of amides is 1. The van der Waals surface area contributed by atoms with Crippen LogP contribution in [-0.4, -0.2) is 41.0 Å². The minimum atomic E-state index is -0.0729. The summed E-state index contributed by atoms with van der Waals surface area (Å²) in [5.74, 6) is 0.0960. The Kier molecular flexibility index (Phi) is 4.62. The van der Waals surface area contributed by atoms with Crippen molar-refractivity contribution in [2.24, 2.45) is 5.92 Å². The number of rotatable bonds is 5. The van der Waals surface area contributed by atoms with Crippen LogP contribution in [0.5, 0.6) is 0 Å². The van der Waals surface area contributed by atoms with Gasteiger partial charge in [-0.15, -0.1) is 0 Å². The number of fused-ring (bicyclic) bond motifs is 2. The van der Waals surface area contributed by atoms with E-state index in [9.17, 15) is 4.79 Å². The van der Waals surface area contributed by atoms with Crippen molar-refractivity contribution >= 4 is 22.4 Å². The highest BCUT2D eigenvalue weighted by molar-refractivity contribution is 5.99. The van der Waals surface area contributed by atoms with Crippen molar-refractivity contribution in [3.63, 3.8) is 0 Å². The molecule has 1 aliphatic heterocycles. The minimum absolute atomic E-state index is 0.0729. The molecule has 0 saturated carbocycles. The zero-order valence-electron chi connectivity index (χ0n) is 16.0. The first-order valence-electron chi connectivity index (χ1n) is 9.97. The van der Waals surface area contributed by atoms with Gasteiger partial charge in [-0.05, 0) is 49.1 Å². The van der Waals surface area contributed by atoms with Crippen LogP contribution in [0.1, 0.15) is 44.7 Å². The number of likely N-dealkylation sites (N-methyl/N-ethyl adjacent to an activating group) is 1. The van der Waals surface area contributed by atoms with E-state index in [0.29, 0.717) is 6.04 Å². The number of aromatic amines is 1. The average molecular weight is 351 g/mol. The first kappa shape index (κ1) is 17.3. The molecule has 26 heavy (non-hydrogen) atoms. The predicted octanol–water partition coefficient (Wildman–Crippen LogP) is 3.73. The van der Waals surface area contributed by atoms with Gasteiger partial charge in [0.1, 0.15) is 0 Å². The maximum atomic E-state index is 12.9. The van der Waals surface area contributed by atoms with E-state index in [1.165, 1.54) is 27.6 Å². The second-order valence-corrected chi connectivity index (χ2v) is 7.78. The summed E-state index contributed by atoms with van der Waals surface area (Å²) >= 11 is 0. The largest absolute Gasteiger partial charge is 0.361 e. The van der Waals surface area contributed by atoms with Crippen molar-refractivity contribution in [1.82, 2.24) is 15.2 Å². The van der Waals surface area contributed by atoms with Gasteiger partial charge in [0.05, 0.1) is 5.92 Å². The Hall–Kier alpha value is -2.07. The van der Waals surface area contributed by atoms with Crippen LogP contribution in [-0.2, 0) is 11.2 Å². The predicted molar refractivity (Wildman–Crippen MR) is 107 cm³/mol. The summed E-state index contributed by atoms with van der Waals surface area (Å²) in [6.45, 7) is 8.24. The quantitative estimate of drug-likeness (QED) is 0.862. The summed E-state index contributed by atoms with van der Waals surface area (Å²) in [5, 5.41) is 4.55. The van der Waals surface area contributed by atoms with Crippen LogP contribution in [0.2, 0.25) is 0 Å². The molecule has 2 aromatic rings. The molecule has 4 nitrogen and oxygen atoms in total. The maximum absolute atomic E-state index is 12.9. The highest BCUT2D eigenvalue weighted by Gasteiger charge is 2.36. The topological polar surface area (TPSA) is 48.1 Å². The van der Waals surface area contributed by atoms with Crippen molar-refractivity contribution in [2.75, 3.05) is 13.1 Å². The summed E-state index contributed by atoms with van der Waals surface area (Å²) in [4.78, 5) is 18.8. The Morgan fingerprint density at radius 2 is 2.23 bits per heavy atom. The Morgan fingerprint density at radius 3 is 3.00 bits per heavy atom. The van der Waals surface area contributed by atoms with E-state index >= 15 is 0 Å². The van der Waals surface area contributed by atoms with Crippen molar-refractivity contribution in [3.8, 4) is 0 Å². The first-order chi connectivity index (χ1) is 12.6. The van der Waals surface area contributed by atoms with Gasteiger partial charge in [-0.2, -0.15) is 0 Å². The summed E-state index contributed by atoms with van der Waals surface area (Å²) in [6.07, 6.45) is 7.55. The molecule has 2 N–H and O–H groups in total. The zero-order valence-corrected chi connectivity index (χ0v) is 16.0. The van der Waals surface area contributed by atoms with Crippen molar-refractivity contribution in [3.05, 3.63) is 41.6 Å². The fourth-order valence-corrected chi connectivity index (χ4v) is 4.69. The van der Waals surface area contributed by atoms with E-state index in [1.54, 1.807) is 0 Å². The van der Waals surface area contributed by atoms with Gasteiger partial charge in [0.15, 0.2) is 0 Å². The number of nitrogens with one attached hydrogen (secondary N) is 2. The normalized spacial score (nSPS) is 23.4. The number of aromatic nitrogens is 1. The van der Waals surface area contributed by atoms with Gasteiger partial charge in [0.2, 0.25) is 5.91 Å². The number of carbonyl (C=O) groups is 1. The molecule has 1 aromatic carbocycles. The van der Waals surface area contributed by atoms with Gasteiger partial charge in [0, 0.05) is 35.7 Å². The fourth-order valence-electron chi connectivity index (χ4n) is 4.69. The monoisotopic (exact) mass is 351 g/mol. The molecule has 0 spiro atoms. The lowest BCUT2D eigenvalue weighted by Gasteiger charge is -2.41. The van der Waals surface area contributed by atoms with Crippen molar-refractivity contribution in [1.29, 1.82) is 0 Å². The molecule has 4 rings (SSSR count). The van der Waals surface area contributed by atoms with Gasteiger partial charge >= 0.3 is 0 Å². The van der Waals surface area contributed by atoms with Crippen LogP contribution in [0, 0.1) is 5.92 Å². The van der Waals surface area contributed by atoms with Crippen molar-refractivity contribution in [2.45, 2.75) is 52.1 Å². The molecule has 1 aliphatic carbocycles. The Balaban J connectivity index is 1.70. The third kappa shape index (κ3) is 2.86. The van der Waals surface area contributed by atoms with E-state index in [2.05, 4.69) is 66.4 Å². The lowest BCUT2D eigenvalue weighted by atomic mass is 9.79. The highest BCUT2D eigenvalue weighted by atomic mass is 16.2. The molecule has 0 fully saturated rings. The Morgan fingerprint density at radius 1 is 1.38 bits per heavy atom. The van der Waals surface area contributed by atoms with E-state index in [-0.39, 0.29) is 17.9 Å². The number of benzene rings is 1. The minimum Gasteiger partial charge on any atom is -0.361 e. The molecule has 138 valence electrons. The third-order valence-corrected chi connectivity index (χ3v) is 5.98. The van der Waals surface area contributed by atoms with Gasteiger partial charge in [-0.3, -0.25) is 9.69 Å². The molecule has 0 saturated heterocycles. The Bertz CT molecular complexity index is 850. The van der Waals surface area contributed by atoms with Gasteiger partial charge < -0.3 is 10.3 Å². The van der Waals surface area contributed by atoms with Crippen LogP contribution in [0.15, 0.2) is 30.5 Å². The van der Waals surface area contributed by atoms with Crippen LogP contribution in [0.25, 0.3) is 16.5 Å². The fraction of sp³-hybridized carbons (Fsp3) is 0.500. The van der Waals surface area contributed by atoms with E-state index in [0.717, 1.165) is 32.4 Å². The van der Waals surface area contributed by atoms with Crippen molar-refractivity contribution < 1.29 is 4.79 Å². The van der Waals surface area contributed by atoms with Crippen LogP contribution in [0.4, 0.5) is 0 Å². The number of hydrogen-bond acceptors (Lipinski definition) is 2. The first-order valence-corrected chi connectivity index (χ1v) is 9.97. The number of H-pyrrole nitrogens is 1. The second kappa shape index (κ2) is 6.92. The summed E-state index contributed by atoms with van der Waals surface area (Å²) in [5.41, 5.74) is 5.23. The van der Waals surface area contributed by atoms with Gasteiger partial charge in [-0.1, -0.05) is 38.5 Å². The van der Waals surface area contributed by atoms with E-state index < -0.39 is 0 Å². The molecule has 0 bridgehead atoms. The zero-order chi connectivity index (χ0) is 18.3. The lowest BCUT2D eigenvalue weighted by Crippen LogP contribution is -2.49. The number of hydrogen-bond donors (Lipinski definition) is 2. The van der Waals surface area contributed by atoms with Crippen LogP contribution in [0.3, 0.4) is 0 Å². The number of carbonyl (C=O) groups excluding carboxylic acids is 1. The lowest BCUT2D eigenvalue weighted by molar-refractivity contribution is -0.125. The SMILES string of the molecule is CCC[C@@H](C)NC(=O)[C@@H]1C=C2c3cccc4[nH]cc(c34)C[C@H]2N(CC)C1. The van der Waals surface area contributed by atoms with Crippen LogP contribution < -0.4 is 5.32 Å². The molecule has 4 heteroatoms. The summed E-state index contributed by atoms with van der Waals surface area (Å²) < 4.78 is 0. The van der Waals surface area contributed by atoms with Gasteiger partial charge in [-0.25, -0.2) is 0 Å². The molecular weight excluding hydrogens is 322 g/mol. The van der Waals surface area contributed by atoms with E-state index in [4.69, 9.17) is 0 Å². The third-order valence-electron chi connectivity index (χ3n) is 5.98. The molecule has 1 amide bonds. The summed E-state index contributed by atoms with van der Waals surface area (Å²) in [7, 11) is 0. The maximum Gasteiger partial charge on any atom is 0.228 e. The molecular formula is C22H29N3O. The smallest absolute Gasteiger partial charge is 0.228 e. The molecule has 3 atom stereocenters. The molecule has 0 unspecified atom stereocenters. The van der Waals surface area contributed by atoms with Crippen LogP contribution >= 0.6 is 0 Å². The Labute approximate surface area is 155 Å². The average Bonchev–Trinajstić information content (AvgIpc) is 3.05. The summed E-state index contributed by atoms with van der Waals surface area (Å²) in [6, 6.07) is 7.09. The molecule has 0 radical (unpaired) electrons.